The molecule has 0 spiro atoms. The van der Waals surface area contributed by atoms with Gasteiger partial charge in [-0.15, -0.1) is 0 Å². The van der Waals surface area contributed by atoms with Gasteiger partial charge in [0.15, 0.2) is 0 Å². The molecular formula is C93H75N3. The molecule has 0 N–H and O–H groups in total. The van der Waals surface area contributed by atoms with Crippen LogP contribution in [0.15, 0.2) is 394 Å². The molecule has 0 saturated heterocycles. The first kappa shape index (κ1) is 61.5. The van der Waals surface area contributed by atoms with Crippen LogP contribution in [-0.2, 0) is 6.42 Å². The highest BCUT2D eigenvalue weighted by atomic mass is 15.2. The Morgan fingerprint density at radius 1 is 0.240 bits per heavy atom. The maximum atomic E-state index is 2.41. The minimum atomic E-state index is 0.133. The fraction of sp³-hybridized carbons (Fsp3) is 0.0538. The summed E-state index contributed by atoms with van der Waals surface area (Å²) in [6.07, 6.45) is 9.44. The zero-order chi connectivity index (χ0) is 64.8. The molecule has 0 aromatic heterocycles. The van der Waals surface area contributed by atoms with Crippen LogP contribution in [0.1, 0.15) is 36.5 Å². The summed E-state index contributed by atoms with van der Waals surface area (Å²) in [6.45, 7) is 4.31. The van der Waals surface area contributed by atoms with Gasteiger partial charge in [0.1, 0.15) is 0 Å². The maximum Gasteiger partial charge on any atom is 0.0497 e. The van der Waals surface area contributed by atoms with E-state index in [2.05, 4.69) is 423 Å². The topological polar surface area (TPSA) is 9.72 Å². The Labute approximate surface area is 566 Å². The molecule has 14 rings (SSSR count). The molecular weight excluding hydrogens is 1160 g/mol. The van der Waals surface area contributed by atoms with Gasteiger partial charge < -0.3 is 14.7 Å². The van der Waals surface area contributed by atoms with E-state index in [1.807, 2.05) is 0 Å². The van der Waals surface area contributed by atoms with E-state index >= 15 is 0 Å². The van der Waals surface area contributed by atoms with E-state index in [1.165, 1.54) is 72.3 Å². The highest BCUT2D eigenvalue weighted by molar-refractivity contribution is 5.83. The minimum absolute atomic E-state index is 0.133. The second kappa shape index (κ2) is 29.3. The molecule has 0 saturated carbocycles. The molecule has 14 aromatic carbocycles. The molecule has 0 radical (unpaired) electrons. The van der Waals surface area contributed by atoms with Crippen LogP contribution in [0.25, 0.3) is 66.8 Å². The minimum Gasteiger partial charge on any atom is -0.335 e. The van der Waals surface area contributed by atoms with Crippen molar-refractivity contribution in [2.24, 2.45) is 0 Å². The Hall–Kier alpha value is -12.0. The molecule has 3 nitrogen and oxygen atoms in total. The summed E-state index contributed by atoms with van der Waals surface area (Å²) in [6, 6.07) is 134. The molecule has 462 valence electrons. The fourth-order valence-electron chi connectivity index (χ4n) is 13.1. The predicted octanol–water partition coefficient (Wildman–Crippen LogP) is 25.7. The van der Waals surface area contributed by atoms with Crippen molar-refractivity contribution in [1.82, 2.24) is 0 Å². The van der Waals surface area contributed by atoms with Gasteiger partial charge in [0, 0.05) is 57.5 Å². The number of anilines is 8. The molecule has 0 fully saturated rings. The predicted molar refractivity (Wildman–Crippen MR) is 409 cm³/mol. The number of allylic oxidation sites excluding steroid dienone is 3. The molecule has 2 unspecified atom stereocenters. The summed E-state index contributed by atoms with van der Waals surface area (Å²) in [5.74, 6) is 0.197. The second-order valence-corrected chi connectivity index (χ2v) is 24.4. The van der Waals surface area contributed by atoms with Crippen LogP contribution in [0.3, 0.4) is 0 Å². The average molecular weight is 1230 g/mol. The van der Waals surface area contributed by atoms with Crippen molar-refractivity contribution in [2.45, 2.75) is 32.2 Å². The lowest BCUT2D eigenvalue weighted by molar-refractivity contribution is 0.805. The summed E-state index contributed by atoms with van der Waals surface area (Å²) < 4.78 is 0. The standard InChI is InChI=1S/C93H75N3/c1-3-4-10-21-69(2)94(87-56-44-77(45-57-87)71-22-11-5-12-23-71)88-58-46-79(47-59-88)76-40-42-84(43-41-76)93(83-26-15-7-16-27-83)68-70-32-34-73(35-33-70)74-36-38-75(39-37-74)80-50-62-90(63-51-80)96(86-30-19-9-20-31-86)92-66-54-82(55-67-92)81-52-64-91(65-53-81)95(85-28-17-8-18-29-85)89-60-48-78(49-61-89)72-24-13-6-14-25-72/h3-67,69,93H,68H2,1-2H3/b4-3-,21-10-. The smallest absolute Gasteiger partial charge is 0.0497 e. The first-order chi connectivity index (χ1) is 47.5. The Morgan fingerprint density at radius 2 is 0.479 bits per heavy atom. The number of benzene rings is 14. The molecule has 3 heteroatoms. The Bertz CT molecular complexity index is 4810. The largest absolute Gasteiger partial charge is 0.335 e. The number of hydrogen-bond donors (Lipinski definition) is 0. The fourth-order valence-corrected chi connectivity index (χ4v) is 13.1. The highest BCUT2D eigenvalue weighted by Crippen LogP contribution is 2.41. The summed E-state index contributed by atoms with van der Waals surface area (Å²) >= 11 is 0. The third-order valence-electron chi connectivity index (χ3n) is 18.3. The van der Waals surface area contributed by atoms with E-state index in [-0.39, 0.29) is 12.0 Å². The van der Waals surface area contributed by atoms with Gasteiger partial charge in [0.05, 0.1) is 0 Å². The maximum absolute atomic E-state index is 2.41. The number of rotatable bonds is 21. The lowest BCUT2D eigenvalue weighted by atomic mass is 9.85. The summed E-state index contributed by atoms with van der Waals surface area (Å²) in [5.41, 5.74) is 27.1. The Balaban J connectivity index is 0.640. The van der Waals surface area contributed by atoms with Crippen LogP contribution < -0.4 is 14.7 Å². The van der Waals surface area contributed by atoms with Gasteiger partial charge in [0.25, 0.3) is 0 Å². The Morgan fingerprint density at radius 3 is 0.802 bits per heavy atom. The van der Waals surface area contributed by atoms with Gasteiger partial charge in [-0.25, -0.2) is 0 Å². The first-order valence-corrected chi connectivity index (χ1v) is 33.3. The Kier molecular flexibility index (Phi) is 18.7. The normalized spacial score (nSPS) is 11.9. The van der Waals surface area contributed by atoms with Crippen LogP contribution in [0.5, 0.6) is 0 Å². The number of nitrogens with zero attached hydrogens (tertiary/aromatic N) is 3. The molecule has 0 aliphatic heterocycles. The lowest BCUT2D eigenvalue weighted by Crippen LogP contribution is -2.26. The molecule has 14 aromatic rings. The van der Waals surface area contributed by atoms with Gasteiger partial charge >= 0.3 is 0 Å². The SMILES string of the molecule is C/C=C\C=C/C(C)N(c1ccc(-c2ccccc2)cc1)c1ccc(-c2ccc(C(Cc3ccc(-c4ccc(-c5ccc(N(c6ccccc6)c6ccc(-c7ccc(N(c8ccccc8)c8ccc(-c9ccccc9)cc8)cc7)cc6)cc5)cc4)cc3)c3ccccc3)cc2)cc1. The average Bonchev–Trinajstić information content (AvgIpc) is 1.09. The van der Waals surface area contributed by atoms with Crippen molar-refractivity contribution in [1.29, 1.82) is 0 Å². The zero-order valence-electron chi connectivity index (χ0n) is 54.2. The second-order valence-electron chi connectivity index (χ2n) is 24.4. The van der Waals surface area contributed by atoms with E-state index in [4.69, 9.17) is 0 Å². The van der Waals surface area contributed by atoms with Crippen molar-refractivity contribution in [3.05, 3.63) is 411 Å². The van der Waals surface area contributed by atoms with Gasteiger partial charge in [-0.2, -0.15) is 0 Å². The van der Waals surface area contributed by atoms with Crippen molar-refractivity contribution < 1.29 is 0 Å². The van der Waals surface area contributed by atoms with Gasteiger partial charge in [0.2, 0.25) is 0 Å². The van der Waals surface area contributed by atoms with Gasteiger partial charge in [-0.05, 0) is 201 Å². The quantitative estimate of drug-likeness (QED) is 0.0664. The first-order valence-electron chi connectivity index (χ1n) is 33.3. The van der Waals surface area contributed by atoms with E-state index in [1.54, 1.807) is 0 Å². The zero-order valence-corrected chi connectivity index (χ0v) is 54.2. The third-order valence-corrected chi connectivity index (χ3v) is 18.3. The van der Waals surface area contributed by atoms with Crippen LogP contribution in [0, 0.1) is 0 Å². The van der Waals surface area contributed by atoms with Crippen molar-refractivity contribution in [3.63, 3.8) is 0 Å². The summed E-state index contributed by atoms with van der Waals surface area (Å²) in [7, 11) is 0. The lowest BCUT2D eigenvalue weighted by Gasteiger charge is -2.30. The molecule has 0 bridgehead atoms. The van der Waals surface area contributed by atoms with Crippen LogP contribution in [-0.4, -0.2) is 6.04 Å². The van der Waals surface area contributed by atoms with E-state index in [0.717, 1.165) is 63.0 Å². The van der Waals surface area contributed by atoms with Crippen molar-refractivity contribution >= 4 is 45.5 Å². The monoisotopic (exact) mass is 1230 g/mol. The molecule has 0 aliphatic carbocycles. The molecule has 0 amide bonds. The van der Waals surface area contributed by atoms with Crippen LogP contribution >= 0.6 is 0 Å². The molecule has 0 heterocycles. The molecule has 2 atom stereocenters. The van der Waals surface area contributed by atoms with E-state index in [0.29, 0.717) is 0 Å². The van der Waals surface area contributed by atoms with E-state index in [9.17, 15) is 0 Å². The van der Waals surface area contributed by atoms with Crippen molar-refractivity contribution in [2.75, 3.05) is 14.7 Å². The number of para-hydroxylation sites is 2. The molecule has 0 aliphatic rings. The van der Waals surface area contributed by atoms with Crippen molar-refractivity contribution in [3.8, 4) is 66.8 Å². The summed E-state index contributed by atoms with van der Waals surface area (Å²) in [5, 5.41) is 0. The highest BCUT2D eigenvalue weighted by Gasteiger charge is 2.20. The van der Waals surface area contributed by atoms with Crippen LogP contribution in [0.4, 0.5) is 45.5 Å². The van der Waals surface area contributed by atoms with E-state index < -0.39 is 0 Å². The van der Waals surface area contributed by atoms with Crippen LogP contribution in [0.2, 0.25) is 0 Å². The number of hydrogen-bond acceptors (Lipinski definition) is 3. The summed E-state index contributed by atoms with van der Waals surface area (Å²) in [4.78, 5) is 7.05. The third kappa shape index (κ3) is 14.1. The van der Waals surface area contributed by atoms with Gasteiger partial charge in [-0.1, -0.05) is 297 Å². The molecule has 96 heavy (non-hydrogen) atoms. The van der Waals surface area contributed by atoms with Gasteiger partial charge in [-0.3, -0.25) is 0 Å².